The summed E-state index contributed by atoms with van der Waals surface area (Å²) in [5, 5.41) is 6.20. The van der Waals surface area contributed by atoms with Crippen molar-refractivity contribution in [3.05, 3.63) is 111 Å². The number of aromatic nitrogens is 2. The first-order valence-electron chi connectivity index (χ1n) is 15.0. The van der Waals surface area contributed by atoms with Gasteiger partial charge in [-0.15, -0.1) is 0 Å². The highest BCUT2D eigenvalue weighted by molar-refractivity contribution is 5.62. The fourth-order valence-electron chi connectivity index (χ4n) is 6.04. The van der Waals surface area contributed by atoms with Gasteiger partial charge in [-0.2, -0.15) is 26.3 Å². The molecule has 0 saturated carbocycles. The summed E-state index contributed by atoms with van der Waals surface area (Å²) in [6, 6.07) is 9.11. The van der Waals surface area contributed by atoms with Crippen molar-refractivity contribution in [3.8, 4) is 0 Å². The van der Waals surface area contributed by atoms with Crippen molar-refractivity contribution in [2.45, 2.75) is 38.0 Å². The van der Waals surface area contributed by atoms with Crippen LogP contribution in [0.25, 0.3) is 5.70 Å². The molecule has 1 saturated heterocycles. The number of anilines is 1. The number of aryl methyl sites for hydroxylation is 1. The average Bonchev–Trinajstić information content (AvgIpc) is 3.05. The molecule has 6 rings (SSSR count). The zero-order valence-corrected chi connectivity index (χ0v) is 25.3. The van der Waals surface area contributed by atoms with Crippen molar-refractivity contribution in [2.24, 2.45) is 0 Å². The number of alkyl halides is 6. The number of piperazine rings is 1. The molecule has 0 spiro atoms. The van der Waals surface area contributed by atoms with E-state index in [9.17, 15) is 31.2 Å². The van der Waals surface area contributed by atoms with E-state index < -0.39 is 42.2 Å². The summed E-state index contributed by atoms with van der Waals surface area (Å²) in [5.41, 5.74) is -1.24. The highest BCUT2D eigenvalue weighted by atomic mass is 19.4. The smallest absolute Gasteiger partial charge is 0.416 e. The molecule has 9 nitrogen and oxygen atoms in total. The van der Waals surface area contributed by atoms with E-state index in [0.717, 1.165) is 5.56 Å². The van der Waals surface area contributed by atoms with Gasteiger partial charge in [0.05, 0.1) is 28.9 Å². The summed E-state index contributed by atoms with van der Waals surface area (Å²) in [7, 11) is 0. The molecule has 2 aromatic carbocycles. The van der Waals surface area contributed by atoms with Crippen molar-refractivity contribution < 1.29 is 35.8 Å². The highest BCUT2D eigenvalue weighted by Crippen LogP contribution is 2.38. The van der Waals surface area contributed by atoms with Crippen molar-refractivity contribution in [1.29, 1.82) is 0 Å². The van der Waals surface area contributed by atoms with Gasteiger partial charge in [0.2, 0.25) is 12.0 Å². The Morgan fingerprint density at radius 1 is 0.936 bits per heavy atom. The van der Waals surface area contributed by atoms with Crippen LogP contribution < -0.4 is 15.5 Å². The van der Waals surface area contributed by atoms with E-state index in [1.807, 2.05) is 24.0 Å². The second kappa shape index (κ2) is 13.0. The predicted octanol–water partition coefficient (Wildman–Crippen LogP) is 5.09. The quantitative estimate of drug-likeness (QED) is 0.289. The van der Waals surface area contributed by atoms with Crippen LogP contribution in [0.4, 0.5) is 32.3 Å². The molecule has 0 radical (unpaired) electrons. The van der Waals surface area contributed by atoms with Gasteiger partial charge in [0.15, 0.2) is 12.1 Å². The molecule has 1 fully saturated rings. The number of hydrogen-bond acceptors (Lipinski definition) is 8. The third-order valence-corrected chi connectivity index (χ3v) is 8.45. The minimum Gasteiger partial charge on any atom is -0.456 e. The van der Waals surface area contributed by atoms with E-state index in [1.165, 1.54) is 0 Å². The lowest BCUT2D eigenvalue weighted by atomic mass is 9.93. The summed E-state index contributed by atoms with van der Waals surface area (Å²) < 4.78 is 89.6. The van der Waals surface area contributed by atoms with Crippen molar-refractivity contribution in [3.63, 3.8) is 0 Å². The minimum absolute atomic E-state index is 0.0844. The lowest BCUT2D eigenvalue weighted by Crippen LogP contribution is -2.53. The molecule has 248 valence electrons. The Kier molecular flexibility index (Phi) is 8.94. The van der Waals surface area contributed by atoms with E-state index in [2.05, 4.69) is 25.5 Å². The third-order valence-electron chi connectivity index (χ3n) is 8.45. The maximum Gasteiger partial charge on any atom is 0.416 e. The number of nitroso groups, excluding NO2 is 1. The lowest BCUT2D eigenvalue weighted by Gasteiger charge is -2.39. The molecule has 0 bridgehead atoms. The maximum absolute atomic E-state index is 14.6. The Morgan fingerprint density at radius 2 is 1.60 bits per heavy atom. The molecule has 0 amide bonds. The second-order valence-electron chi connectivity index (χ2n) is 11.5. The zero-order chi connectivity index (χ0) is 33.3. The van der Waals surface area contributed by atoms with E-state index in [4.69, 9.17) is 4.74 Å². The number of nitrogens with zero attached hydrogens (tertiary/aromatic N) is 5. The van der Waals surface area contributed by atoms with Crippen molar-refractivity contribution in [1.82, 2.24) is 25.5 Å². The van der Waals surface area contributed by atoms with Crippen LogP contribution in [-0.2, 0) is 23.5 Å². The van der Waals surface area contributed by atoms with Crippen LogP contribution in [0.2, 0.25) is 0 Å². The summed E-state index contributed by atoms with van der Waals surface area (Å²) in [6.45, 7) is 4.47. The van der Waals surface area contributed by atoms with Gasteiger partial charge in [-0.25, -0.2) is 9.97 Å². The minimum atomic E-state index is -5.02. The van der Waals surface area contributed by atoms with Gasteiger partial charge in [0.1, 0.15) is 0 Å². The van der Waals surface area contributed by atoms with Crippen LogP contribution in [0.5, 0.6) is 0 Å². The maximum atomic E-state index is 14.6. The van der Waals surface area contributed by atoms with Crippen molar-refractivity contribution >= 4 is 11.6 Å². The van der Waals surface area contributed by atoms with Gasteiger partial charge in [0.25, 0.3) is 5.70 Å². The average molecular weight is 661 g/mol. The first kappa shape index (κ1) is 32.4. The van der Waals surface area contributed by atoms with Gasteiger partial charge < -0.3 is 15.0 Å². The zero-order valence-electron chi connectivity index (χ0n) is 25.3. The van der Waals surface area contributed by atoms with E-state index >= 15 is 0 Å². The summed E-state index contributed by atoms with van der Waals surface area (Å²) in [4.78, 5) is 27.3. The third kappa shape index (κ3) is 7.10. The number of halogens is 6. The van der Waals surface area contributed by atoms with Crippen LogP contribution in [0.1, 0.15) is 27.8 Å². The van der Waals surface area contributed by atoms with Gasteiger partial charge in [-0.3, -0.25) is 10.2 Å². The molecule has 4 heterocycles. The summed E-state index contributed by atoms with van der Waals surface area (Å²) >= 11 is 0. The molecule has 0 aliphatic carbocycles. The standard InChI is InChI=1S/C32H32F6N7O2/c1-20-5-2-3-6-24(20)27-17-28(43-9-11-44(12-10-43)30-40-7-4-8-41-30)47-29-25(18-39-19-42-29)26(45(27)46)15-21-13-22(31(33,34)35)16-23(14-21)32(36,37)38/h2-8,13-14,16-17,26,28,39,42H,9-12,15,18-19H2,1H3/q+1. The SMILES string of the molecule is Cc1ccccc1C1=CC(N2CCN(c3ncccn3)CC2)OC2=C(CNCN2)C(Cc2cc(C(F)(F)F)cc(C(F)(F)F)c2)[N+]1=O. The Balaban J connectivity index is 1.40. The Labute approximate surface area is 266 Å². The number of rotatable bonds is 5. The number of ether oxygens (including phenoxy) is 1. The van der Waals surface area contributed by atoms with Crippen molar-refractivity contribution in [2.75, 3.05) is 44.3 Å². The van der Waals surface area contributed by atoms with Gasteiger partial charge in [-0.1, -0.05) is 18.2 Å². The number of nitrogens with one attached hydrogen (secondary N) is 2. The van der Waals surface area contributed by atoms with Crippen LogP contribution in [0.3, 0.4) is 0 Å². The Morgan fingerprint density at radius 3 is 2.23 bits per heavy atom. The molecule has 1 aromatic heterocycles. The predicted molar refractivity (Wildman–Crippen MR) is 160 cm³/mol. The molecule has 2 unspecified atom stereocenters. The molecule has 15 heteroatoms. The topological polar surface area (TPSA) is 85.6 Å². The molecule has 3 aromatic rings. The molecule has 2 N–H and O–H groups in total. The number of benzene rings is 2. The lowest BCUT2D eigenvalue weighted by molar-refractivity contribution is -0.489. The largest absolute Gasteiger partial charge is 0.456 e. The Bertz CT molecular complexity index is 1650. The van der Waals surface area contributed by atoms with Crippen LogP contribution in [0, 0.1) is 11.8 Å². The van der Waals surface area contributed by atoms with Gasteiger partial charge >= 0.3 is 12.4 Å². The molecular formula is C32H32F6N7O2+. The number of hydrogen-bond donors (Lipinski definition) is 2. The highest BCUT2D eigenvalue weighted by Gasteiger charge is 2.44. The van der Waals surface area contributed by atoms with Crippen LogP contribution >= 0.6 is 0 Å². The molecular weight excluding hydrogens is 628 g/mol. The van der Waals surface area contributed by atoms with Gasteiger partial charge in [-0.05, 0) is 48.4 Å². The monoisotopic (exact) mass is 660 g/mol. The Hall–Kier alpha value is -4.50. The molecule has 2 atom stereocenters. The summed E-state index contributed by atoms with van der Waals surface area (Å²) in [5.74, 6) is 0.861. The first-order valence-corrected chi connectivity index (χ1v) is 15.0. The van der Waals surface area contributed by atoms with Crippen LogP contribution in [-0.4, -0.2) is 71.3 Å². The first-order chi connectivity index (χ1) is 22.4. The normalized spacial score (nSPS) is 21.3. The molecule has 3 aliphatic rings. The summed E-state index contributed by atoms with van der Waals surface area (Å²) in [6.07, 6.45) is -6.19. The fourth-order valence-corrected chi connectivity index (χ4v) is 6.04. The van der Waals surface area contributed by atoms with Crippen LogP contribution in [0.15, 0.2) is 78.5 Å². The van der Waals surface area contributed by atoms with E-state index in [0.29, 0.717) is 60.2 Å². The molecule has 3 aliphatic heterocycles. The molecule has 47 heavy (non-hydrogen) atoms. The fraction of sp³-hybridized carbons (Fsp3) is 0.375. The van der Waals surface area contributed by atoms with E-state index in [1.54, 1.807) is 36.7 Å². The second-order valence-corrected chi connectivity index (χ2v) is 11.5. The van der Waals surface area contributed by atoms with E-state index in [-0.39, 0.29) is 36.4 Å². The van der Waals surface area contributed by atoms with Gasteiger partial charge in [0, 0.05) is 67.3 Å².